The molecule has 0 spiro atoms. The van der Waals surface area contributed by atoms with E-state index in [0.717, 1.165) is 0 Å². The Labute approximate surface area is 187 Å². The van der Waals surface area contributed by atoms with Gasteiger partial charge in [0.15, 0.2) is 11.5 Å². The Morgan fingerprint density at radius 1 is 1.10 bits per heavy atom. The number of halogens is 1. The third kappa shape index (κ3) is 5.68. The summed E-state index contributed by atoms with van der Waals surface area (Å²) in [5, 5.41) is 10.7. The predicted molar refractivity (Wildman–Crippen MR) is 120 cm³/mol. The third-order valence-electron chi connectivity index (χ3n) is 3.98. The molecule has 0 aliphatic carbocycles. The number of benzene rings is 3. The van der Waals surface area contributed by atoms with Crippen LogP contribution >= 0.6 is 15.9 Å². The molecule has 3 aromatic rings. The SMILES string of the molecule is CCOc1cc(C=Nc2ccc([N+](=O)[O-])cc2)cc(Br)c1OS(=O)(=O)c1ccccc1. The molecule has 0 fully saturated rings. The Bertz CT molecular complexity index is 1210. The van der Waals surface area contributed by atoms with Gasteiger partial charge >= 0.3 is 10.1 Å². The molecule has 160 valence electrons. The monoisotopic (exact) mass is 504 g/mol. The molecule has 0 saturated carbocycles. The number of hydrogen-bond donors (Lipinski definition) is 0. The molecule has 0 saturated heterocycles. The van der Waals surface area contributed by atoms with E-state index in [2.05, 4.69) is 20.9 Å². The second-order valence-corrected chi connectivity index (χ2v) is 8.55. The van der Waals surface area contributed by atoms with Gasteiger partial charge in [0.1, 0.15) is 4.90 Å². The molecule has 0 aromatic heterocycles. The summed E-state index contributed by atoms with van der Waals surface area (Å²) in [6.45, 7) is 2.05. The summed E-state index contributed by atoms with van der Waals surface area (Å²) in [6.07, 6.45) is 1.53. The summed E-state index contributed by atoms with van der Waals surface area (Å²) in [4.78, 5) is 14.6. The van der Waals surface area contributed by atoms with Gasteiger partial charge < -0.3 is 8.92 Å². The zero-order valence-corrected chi connectivity index (χ0v) is 18.7. The Morgan fingerprint density at radius 3 is 2.39 bits per heavy atom. The molecular formula is C21H17BrN2O6S. The Balaban J connectivity index is 1.90. The minimum Gasteiger partial charge on any atom is -0.490 e. The summed E-state index contributed by atoms with van der Waals surface area (Å²) >= 11 is 3.34. The van der Waals surface area contributed by atoms with E-state index < -0.39 is 15.0 Å². The highest BCUT2D eigenvalue weighted by molar-refractivity contribution is 9.10. The van der Waals surface area contributed by atoms with Crippen molar-refractivity contribution in [3.05, 3.63) is 86.9 Å². The fourth-order valence-electron chi connectivity index (χ4n) is 2.56. The highest BCUT2D eigenvalue weighted by Crippen LogP contribution is 2.38. The van der Waals surface area contributed by atoms with Crippen LogP contribution in [0.25, 0.3) is 0 Å². The van der Waals surface area contributed by atoms with E-state index in [1.165, 1.54) is 42.6 Å². The van der Waals surface area contributed by atoms with Crippen molar-refractivity contribution in [3.8, 4) is 11.5 Å². The Kier molecular flexibility index (Phi) is 7.03. The normalized spacial score (nSPS) is 11.4. The van der Waals surface area contributed by atoms with E-state index in [0.29, 0.717) is 15.7 Å². The lowest BCUT2D eigenvalue weighted by Crippen LogP contribution is -2.11. The van der Waals surface area contributed by atoms with Crippen LogP contribution in [0, 0.1) is 10.1 Å². The van der Waals surface area contributed by atoms with Crippen LogP contribution in [0.2, 0.25) is 0 Å². The van der Waals surface area contributed by atoms with E-state index in [9.17, 15) is 18.5 Å². The lowest BCUT2D eigenvalue weighted by molar-refractivity contribution is -0.384. The molecule has 10 heteroatoms. The van der Waals surface area contributed by atoms with Gasteiger partial charge in [-0.05, 0) is 64.8 Å². The molecular weight excluding hydrogens is 488 g/mol. The molecule has 0 amide bonds. The second-order valence-electron chi connectivity index (χ2n) is 6.15. The highest BCUT2D eigenvalue weighted by atomic mass is 79.9. The fourth-order valence-corrected chi connectivity index (χ4v) is 4.19. The molecule has 3 aromatic carbocycles. The maximum absolute atomic E-state index is 12.6. The van der Waals surface area contributed by atoms with E-state index in [-0.39, 0.29) is 28.7 Å². The molecule has 0 radical (unpaired) electrons. The molecule has 0 aliphatic rings. The molecule has 31 heavy (non-hydrogen) atoms. The van der Waals surface area contributed by atoms with Crippen molar-refractivity contribution in [1.82, 2.24) is 0 Å². The largest absolute Gasteiger partial charge is 0.490 e. The number of nitro groups is 1. The summed E-state index contributed by atoms with van der Waals surface area (Å²) in [5.41, 5.74) is 1.10. The molecule has 0 bridgehead atoms. The molecule has 0 aliphatic heterocycles. The summed E-state index contributed by atoms with van der Waals surface area (Å²) in [7, 11) is -4.05. The van der Waals surface area contributed by atoms with Gasteiger partial charge in [0.2, 0.25) is 0 Å². The van der Waals surface area contributed by atoms with Gasteiger partial charge in [0.05, 0.1) is 21.7 Å². The van der Waals surface area contributed by atoms with Crippen LogP contribution in [0.15, 0.2) is 81.1 Å². The number of ether oxygens (including phenoxy) is 1. The van der Waals surface area contributed by atoms with E-state index in [4.69, 9.17) is 8.92 Å². The summed E-state index contributed by atoms with van der Waals surface area (Å²) < 4.78 is 36.5. The Morgan fingerprint density at radius 2 is 1.77 bits per heavy atom. The highest BCUT2D eigenvalue weighted by Gasteiger charge is 2.22. The minimum atomic E-state index is -4.05. The quantitative estimate of drug-likeness (QED) is 0.179. The molecule has 0 atom stereocenters. The van der Waals surface area contributed by atoms with Crippen LogP contribution in [-0.2, 0) is 10.1 Å². The maximum Gasteiger partial charge on any atom is 0.339 e. The van der Waals surface area contributed by atoms with Crippen molar-refractivity contribution >= 4 is 43.6 Å². The average Bonchev–Trinajstić information content (AvgIpc) is 2.76. The van der Waals surface area contributed by atoms with E-state index in [1.807, 2.05) is 0 Å². The first-order valence-corrected chi connectivity index (χ1v) is 11.2. The van der Waals surface area contributed by atoms with Crippen LogP contribution < -0.4 is 8.92 Å². The van der Waals surface area contributed by atoms with Crippen LogP contribution in [0.1, 0.15) is 12.5 Å². The van der Waals surface area contributed by atoms with E-state index in [1.54, 1.807) is 37.3 Å². The number of nitrogens with zero attached hydrogens (tertiary/aromatic N) is 2. The number of rotatable bonds is 8. The van der Waals surface area contributed by atoms with Crippen molar-refractivity contribution in [3.63, 3.8) is 0 Å². The first-order chi connectivity index (χ1) is 14.8. The van der Waals surface area contributed by atoms with Crippen LogP contribution in [0.5, 0.6) is 11.5 Å². The van der Waals surface area contributed by atoms with Crippen molar-refractivity contribution in [1.29, 1.82) is 0 Å². The maximum atomic E-state index is 12.6. The van der Waals surface area contributed by atoms with Gasteiger partial charge in [-0.25, -0.2) is 0 Å². The van der Waals surface area contributed by atoms with Crippen molar-refractivity contribution in [2.75, 3.05) is 6.61 Å². The van der Waals surface area contributed by atoms with Crippen molar-refractivity contribution in [2.45, 2.75) is 11.8 Å². The van der Waals surface area contributed by atoms with Crippen molar-refractivity contribution in [2.24, 2.45) is 4.99 Å². The van der Waals surface area contributed by atoms with Crippen molar-refractivity contribution < 1.29 is 22.3 Å². The van der Waals surface area contributed by atoms with Gasteiger partial charge in [0.25, 0.3) is 5.69 Å². The fraction of sp³-hybridized carbons (Fsp3) is 0.0952. The number of hydrogen-bond acceptors (Lipinski definition) is 7. The molecule has 0 heterocycles. The van der Waals surface area contributed by atoms with Gasteiger partial charge in [-0.2, -0.15) is 8.42 Å². The standard InChI is InChI=1S/C21H17BrN2O6S/c1-2-29-20-13-15(14-23-16-8-10-17(11-9-16)24(25)26)12-19(22)21(20)30-31(27,28)18-6-4-3-5-7-18/h3-14H,2H2,1H3. The molecule has 3 rings (SSSR count). The van der Waals surface area contributed by atoms with Gasteiger partial charge in [-0.15, -0.1) is 0 Å². The lowest BCUT2D eigenvalue weighted by atomic mass is 10.2. The first kappa shape index (κ1) is 22.4. The molecule has 0 unspecified atom stereocenters. The van der Waals surface area contributed by atoms with E-state index >= 15 is 0 Å². The lowest BCUT2D eigenvalue weighted by Gasteiger charge is -2.14. The molecule has 8 nitrogen and oxygen atoms in total. The van der Waals surface area contributed by atoms with Crippen LogP contribution in [0.3, 0.4) is 0 Å². The number of non-ortho nitro benzene ring substituents is 1. The van der Waals surface area contributed by atoms with Crippen LogP contribution in [-0.4, -0.2) is 26.2 Å². The second kappa shape index (κ2) is 9.71. The van der Waals surface area contributed by atoms with Crippen LogP contribution in [0.4, 0.5) is 11.4 Å². The zero-order chi connectivity index (χ0) is 22.4. The topological polar surface area (TPSA) is 108 Å². The minimum absolute atomic E-state index is 0.0214. The summed E-state index contributed by atoms with van der Waals surface area (Å²) in [5.74, 6) is 0.250. The van der Waals surface area contributed by atoms with Gasteiger partial charge in [-0.1, -0.05) is 18.2 Å². The number of aliphatic imine (C=N–C) groups is 1. The predicted octanol–water partition coefficient (Wildman–Crippen LogP) is 5.27. The zero-order valence-electron chi connectivity index (χ0n) is 16.3. The smallest absolute Gasteiger partial charge is 0.339 e. The van der Waals surface area contributed by atoms with Gasteiger partial charge in [-0.3, -0.25) is 15.1 Å². The molecule has 0 N–H and O–H groups in total. The summed E-state index contributed by atoms with van der Waals surface area (Å²) in [6, 6.07) is 16.8. The average molecular weight is 505 g/mol. The first-order valence-electron chi connectivity index (χ1n) is 9.04. The third-order valence-corrected chi connectivity index (χ3v) is 5.80. The van der Waals surface area contributed by atoms with Gasteiger partial charge in [0, 0.05) is 18.3 Å². The number of nitro benzene ring substituents is 1. The Hall–Kier alpha value is -3.24.